The molecule has 3 aromatic carbocycles. The first-order chi connectivity index (χ1) is 14.7. The van der Waals surface area contributed by atoms with Crippen LogP contribution in [-0.2, 0) is 0 Å². The Labute approximate surface area is 177 Å². The molecule has 6 nitrogen and oxygen atoms in total. The minimum Gasteiger partial charge on any atom is -0.457 e. The highest BCUT2D eigenvalue weighted by Gasteiger charge is 2.19. The molecule has 2 aromatic heterocycles. The van der Waals surface area contributed by atoms with Gasteiger partial charge in [0.25, 0.3) is 0 Å². The molecule has 0 aliphatic rings. The lowest BCUT2D eigenvalue weighted by atomic mass is 9.97. The fraction of sp³-hybridized carbons (Fsp3) is 0. The van der Waals surface area contributed by atoms with Gasteiger partial charge in [-0.3, -0.25) is 5.10 Å². The van der Waals surface area contributed by atoms with Gasteiger partial charge in [-0.05, 0) is 42.0 Å². The number of H-pyrrole nitrogens is 1. The second-order valence-electron chi connectivity index (χ2n) is 6.71. The van der Waals surface area contributed by atoms with Crippen molar-refractivity contribution >= 4 is 28.5 Å². The van der Waals surface area contributed by atoms with E-state index in [1.165, 1.54) is 0 Å². The largest absolute Gasteiger partial charge is 0.457 e. The molecule has 0 amide bonds. The van der Waals surface area contributed by atoms with Gasteiger partial charge < -0.3 is 10.5 Å². The average molecular weight is 414 g/mol. The van der Waals surface area contributed by atoms with Gasteiger partial charge in [0.05, 0.1) is 5.39 Å². The average Bonchev–Trinajstić information content (AvgIpc) is 3.16. The first kappa shape index (κ1) is 18.1. The van der Waals surface area contributed by atoms with Crippen molar-refractivity contribution in [3.8, 4) is 33.9 Å². The van der Waals surface area contributed by atoms with Crippen LogP contribution in [0.4, 0.5) is 5.82 Å². The molecular weight excluding hydrogens is 398 g/mol. The number of nitrogens with one attached hydrogen (secondary N) is 1. The monoisotopic (exact) mass is 413 g/mol. The van der Waals surface area contributed by atoms with Crippen LogP contribution < -0.4 is 10.5 Å². The van der Waals surface area contributed by atoms with Crippen molar-refractivity contribution in [2.75, 3.05) is 5.73 Å². The number of aromatic amines is 1. The highest BCUT2D eigenvalue weighted by Crippen LogP contribution is 2.38. The zero-order chi connectivity index (χ0) is 20.5. The van der Waals surface area contributed by atoms with E-state index in [9.17, 15) is 0 Å². The molecule has 0 aliphatic heterocycles. The lowest BCUT2D eigenvalue weighted by molar-refractivity contribution is 0.483. The summed E-state index contributed by atoms with van der Waals surface area (Å²) in [6.07, 6.45) is 0. The number of rotatable bonds is 4. The van der Waals surface area contributed by atoms with E-state index in [0.717, 1.165) is 27.8 Å². The maximum Gasteiger partial charge on any atom is 0.180 e. The molecule has 0 aliphatic carbocycles. The Morgan fingerprint density at radius 3 is 2.37 bits per heavy atom. The third-order valence-electron chi connectivity index (χ3n) is 4.73. The highest BCUT2D eigenvalue weighted by molar-refractivity contribution is 6.30. The summed E-state index contributed by atoms with van der Waals surface area (Å²) in [7, 11) is 0. The van der Waals surface area contributed by atoms with E-state index in [1.807, 2.05) is 78.9 Å². The number of fused-ring (bicyclic) bond motifs is 1. The van der Waals surface area contributed by atoms with Crippen LogP contribution in [0.15, 0.2) is 78.9 Å². The summed E-state index contributed by atoms with van der Waals surface area (Å²) in [6, 6.07) is 24.9. The molecule has 5 rings (SSSR count). The topological polar surface area (TPSA) is 89.7 Å². The lowest BCUT2D eigenvalue weighted by Gasteiger charge is -2.12. The van der Waals surface area contributed by atoms with E-state index in [-0.39, 0.29) is 0 Å². The Hall–Kier alpha value is -3.90. The van der Waals surface area contributed by atoms with E-state index in [1.54, 1.807) is 0 Å². The maximum atomic E-state index is 6.16. The predicted octanol–water partition coefficient (Wildman–Crippen LogP) is 5.71. The number of nitrogen functional groups attached to an aromatic ring is 1. The van der Waals surface area contributed by atoms with Gasteiger partial charge >= 0.3 is 0 Å². The number of aromatic nitrogens is 4. The van der Waals surface area contributed by atoms with Crippen LogP contribution in [0.1, 0.15) is 0 Å². The number of ether oxygens (including phenoxy) is 1. The zero-order valence-corrected chi connectivity index (χ0v) is 16.5. The Morgan fingerprint density at radius 1 is 0.800 bits per heavy atom. The van der Waals surface area contributed by atoms with Crippen LogP contribution >= 0.6 is 11.6 Å². The first-order valence-electron chi connectivity index (χ1n) is 9.28. The van der Waals surface area contributed by atoms with Crippen molar-refractivity contribution in [1.82, 2.24) is 20.4 Å². The van der Waals surface area contributed by atoms with Crippen LogP contribution in [0.5, 0.6) is 11.5 Å². The quantitative estimate of drug-likeness (QED) is 0.393. The van der Waals surface area contributed by atoms with Crippen molar-refractivity contribution in [2.45, 2.75) is 0 Å². The van der Waals surface area contributed by atoms with E-state index in [4.69, 9.17) is 22.1 Å². The Kier molecular flexibility index (Phi) is 4.53. The fourth-order valence-corrected chi connectivity index (χ4v) is 3.49. The molecule has 3 N–H and O–H groups in total. The van der Waals surface area contributed by atoms with Crippen molar-refractivity contribution in [1.29, 1.82) is 0 Å². The number of anilines is 1. The molecule has 0 atom stereocenters. The lowest BCUT2D eigenvalue weighted by Crippen LogP contribution is -1.96. The minimum absolute atomic E-state index is 0.364. The zero-order valence-electron chi connectivity index (χ0n) is 15.7. The smallest absolute Gasteiger partial charge is 0.180 e. The van der Waals surface area contributed by atoms with Crippen molar-refractivity contribution < 1.29 is 4.74 Å². The van der Waals surface area contributed by atoms with Gasteiger partial charge in [-0.25, -0.2) is 0 Å². The Morgan fingerprint density at radius 2 is 1.57 bits per heavy atom. The third kappa shape index (κ3) is 3.33. The molecule has 0 unspecified atom stereocenters. The van der Waals surface area contributed by atoms with Crippen LogP contribution in [0, 0.1) is 0 Å². The molecule has 0 fully saturated rings. The predicted molar refractivity (Wildman–Crippen MR) is 118 cm³/mol. The molecular formula is C23H16ClN5O. The number of nitrogens with zero attached hydrogens (tertiary/aromatic N) is 3. The van der Waals surface area contributed by atoms with E-state index in [2.05, 4.69) is 20.4 Å². The number of hydrogen-bond acceptors (Lipinski definition) is 5. The van der Waals surface area contributed by atoms with Crippen LogP contribution in [0.25, 0.3) is 33.4 Å². The summed E-state index contributed by atoms with van der Waals surface area (Å²) in [4.78, 5) is 0. The summed E-state index contributed by atoms with van der Waals surface area (Å²) in [5.41, 5.74) is 9.96. The molecule has 30 heavy (non-hydrogen) atoms. The molecule has 0 spiro atoms. The SMILES string of the molecule is Nc1n[nH]c2nnc(-c3cccc(Oc4ccccc4)c3)c(-c3ccc(Cl)cc3)c12. The molecule has 0 radical (unpaired) electrons. The molecule has 5 aromatic rings. The standard InChI is InChI=1S/C23H16ClN5O/c24-16-11-9-14(10-12-16)19-20-22(25)27-29-23(20)28-26-21(19)15-5-4-8-18(13-15)30-17-6-2-1-3-7-17/h1-13H,(H3,25,27,28,29). The Bertz CT molecular complexity index is 1330. The summed E-state index contributed by atoms with van der Waals surface area (Å²) in [6.45, 7) is 0. The number of benzene rings is 3. The Balaban J connectivity index is 1.68. The number of hydrogen-bond donors (Lipinski definition) is 2. The van der Waals surface area contributed by atoms with Gasteiger partial charge in [-0.1, -0.05) is 54.1 Å². The number of para-hydroxylation sites is 1. The van der Waals surface area contributed by atoms with Crippen LogP contribution in [-0.4, -0.2) is 20.4 Å². The van der Waals surface area contributed by atoms with Crippen molar-refractivity contribution in [3.05, 3.63) is 83.9 Å². The van der Waals surface area contributed by atoms with Gasteiger partial charge in [-0.15, -0.1) is 10.2 Å². The van der Waals surface area contributed by atoms with Gasteiger partial charge in [0.15, 0.2) is 11.5 Å². The van der Waals surface area contributed by atoms with Crippen LogP contribution in [0.2, 0.25) is 5.02 Å². The van der Waals surface area contributed by atoms with Crippen molar-refractivity contribution in [2.24, 2.45) is 0 Å². The van der Waals surface area contributed by atoms with Gasteiger partial charge in [0.1, 0.15) is 17.2 Å². The summed E-state index contributed by atoms with van der Waals surface area (Å²) in [5.74, 6) is 1.82. The molecule has 146 valence electrons. The van der Waals surface area contributed by atoms with Crippen molar-refractivity contribution in [3.63, 3.8) is 0 Å². The van der Waals surface area contributed by atoms with Gasteiger partial charge in [0, 0.05) is 16.1 Å². The summed E-state index contributed by atoms with van der Waals surface area (Å²) < 4.78 is 5.99. The number of halogens is 1. The van der Waals surface area contributed by atoms with E-state index < -0.39 is 0 Å². The number of nitrogens with two attached hydrogens (primary N) is 1. The van der Waals surface area contributed by atoms with E-state index in [0.29, 0.717) is 27.9 Å². The second kappa shape index (κ2) is 7.50. The second-order valence-corrected chi connectivity index (χ2v) is 7.14. The minimum atomic E-state index is 0.364. The molecule has 0 saturated carbocycles. The molecule has 0 saturated heterocycles. The first-order valence-corrected chi connectivity index (χ1v) is 9.66. The van der Waals surface area contributed by atoms with E-state index >= 15 is 0 Å². The van der Waals surface area contributed by atoms with Crippen LogP contribution in [0.3, 0.4) is 0 Å². The summed E-state index contributed by atoms with van der Waals surface area (Å²) in [5, 5.41) is 17.1. The van der Waals surface area contributed by atoms with Gasteiger partial charge in [0.2, 0.25) is 0 Å². The third-order valence-corrected chi connectivity index (χ3v) is 4.98. The highest BCUT2D eigenvalue weighted by atomic mass is 35.5. The molecule has 2 heterocycles. The molecule has 7 heteroatoms. The molecule has 0 bridgehead atoms. The fourth-order valence-electron chi connectivity index (χ4n) is 3.36. The van der Waals surface area contributed by atoms with Gasteiger partial charge in [-0.2, -0.15) is 5.10 Å². The normalized spacial score (nSPS) is 11.0. The maximum absolute atomic E-state index is 6.16. The summed E-state index contributed by atoms with van der Waals surface area (Å²) >= 11 is 6.09.